The Morgan fingerprint density at radius 3 is 2.72 bits per heavy atom. The number of amides is 2. The van der Waals surface area contributed by atoms with Gasteiger partial charge in [-0.15, -0.1) is 12.4 Å². The van der Waals surface area contributed by atoms with Crippen molar-refractivity contribution in [1.29, 1.82) is 0 Å². The average Bonchev–Trinajstić information content (AvgIpc) is 2.96. The number of nitrogens with zero attached hydrogens (tertiary/aromatic N) is 1. The van der Waals surface area contributed by atoms with Crippen molar-refractivity contribution in [2.75, 3.05) is 32.0 Å². The molecule has 0 saturated carbocycles. The zero-order valence-corrected chi connectivity index (χ0v) is 16.5. The van der Waals surface area contributed by atoms with Gasteiger partial charge >= 0.3 is 0 Å². The summed E-state index contributed by atoms with van der Waals surface area (Å²) in [6.45, 7) is 6.37. The Morgan fingerprint density at radius 2 is 2.08 bits per heavy atom. The highest BCUT2D eigenvalue weighted by molar-refractivity contribution is 6.34. The Hall–Kier alpha value is -1.30. The van der Waals surface area contributed by atoms with E-state index in [-0.39, 0.29) is 30.1 Å². The van der Waals surface area contributed by atoms with E-state index in [1.807, 2.05) is 25.8 Å². The smallest absolute Gasteiger partial charge is 0.255 e. The minimum absolute atomic E-state index is 0. The second-order valence-electron chi connectivity index (χ2n) is 6.80. The van der Waals surface area contributed by atoms with E-state index in [0.717, 1.165) is 26.1 Å². The van der Waals surface area contributed by atoms with Crippen LogP contribution in [-0.4, -0.2) is 43.4 Å². The summed E-state index contributed by atoms with van der Waals surface area (Å²) < 4.78 is 0. The van der Waals surface area contributed by atoms with Gasteiger partial charge < -0.3 is 15.5 Å². The van der Waals surface area contributed by atoms with E-state index in [4.69, 9.17) is 11.6 Å². The normalized spacial score (nSPS) is 16.7. The average molecular weight is 388 g/mol. The Bertz CT molecular complexity index is 608. The first kappa shape index (κ1) is 21.7. The highest BCUT2D eigenvalue weighted by atomic mass is 35.5. The minimum Gasteiger partial charge on any atom is -0.338 e. The third kappa shape index (κ3) is 6.17. The van der Waals surface area contributed by atoms with Crippen LogP contribution in [0.1, 0.15) is 37.0 Å². The molecule has 0 radical (unpaired) electrons. The molecule has 1 aromatic carbocycles. The predicted octanol–water partition coefficient (Wildman–Crippen LogP) is 3.43. The lowest BCUT2D eigenvalue weighted by atomic mass is 10.1. The molecule has 1 saturated heterocycles. The molecule has 0 aliphatic carbocycles. The number of rotatable bonds is 6. The molecule has 0 aromatic heterocycles. The summed E-state index contributed by atoms with van der Waals surface area (Å²) in [7, 11) is 1.92. The molecule has 2 amide bonds. The Morgan fingerprint density at radius 1 is 1.36 bits per heavy atom. The third-order valence-electron chi connectivity index (χ3n) is 4.14. The maximum atomic E-state index is 12.7. The van der Waals surface area contributed by atoms with Crippen LogP contribution in [-0.2, 0) is 4.79 Å². The molecule has 0 spiro atoms. The summed E-state index contributed by atoms with van der Waals surface area (Å²) in [4.78, 5) is 26.5. The first-order valence-electron chi connectivity index (χ1n) is 8.44. The van der Waals surface area contributed by atoms with Crippen molar-refractivity contribution in [3.63, 3.8) is 0 Å². The molecule has 25 heavy (non-hydrogen) atoms. The molecule has 1 unspecified atom stereocenters. The minimum atomic E-state index is -0.0708. The number of benzene rings is 1. The summed E-state index contributed by atoms with van der Waals surface area (Å²) in [5.41, 5.74) is 1.06. The number of anilines is 1. The first-order chi connectivity index (χ1) is 11.4. The zero-order chi connectivity index (χ0) is 17.7. The van der Waals surface area contributed by atoms with Gasteiger partial charge in [0.15, 0.2) is 0 Å². The van der Waals surface area contributed by atoms with Crippen molar-refractivity contribution < 1.29 is 9.59 Å². The molecule has 1 aliphatic rings. The van der Waals surface area contributed by atoms with Gasteiger partial charge in [0.05, 0.1) is 10.6 Å². The Kier molecular flexibility index (Phi) is 8.69. The molecule has 0 bridgehead atoms. The molecule has 2 rings (SSSR count). The molecule has 1 aromatic rings. The molecule has 1 heterocycles. The molecule has 1 aliphatic heterocycles. The molecule has 1 atom stereocenters. The molecular formula is C18H27Cl2N3O2. The lowest BCUT2D eigenvalue weighted by Crippen LogP contribution is -2.30. The van der Waals surface area contributed by atoms with Crippen molar-refractivity contribution in [2.45, 2.75) is 26.7 Å². The molecular weight excluding hydrogens is 361 g/mol. The van der Waals surface area contributed by atoms with Crippen molar-refractivity contribution in [3.8, 4) is 0 Å². The Balaban J connectivity index is 0.00000312. The number of halogens is 2. The topological polar surface area (TPSA) is 61.4 Å². The van der Waals surface area contributed by atoms with Crippen LogP contribution in [0.5, 0.6) is 0 Å². The van der Waals surface area contributed by atoms with E-state index in [1.165, 1.54) is 0 Å². The molecule has 2 N–H and O–H groups in total. The van der Waals surface area contributed by atoms with Crippen LogP contribution < -0.4 is 10.6 Å². The van der Waals surface area contributed by atoms with Crippen molar-refractivity contribution in [3.05, 3.63) is 28.8 Å². The number of hydrogen-bond donors (Lipinski definition) is 2. The quantitative estimate of drug-likeness (QED) is 0.785. The fraction of sp³-hybridized carbons (Fsp3) is 0.556. The zero-order valence-electron chi connectivity index (χ0n) is 15.0. The first-order valence-corrected chi connectivity index (χ1v) is 8.81. The summed E-state index contributed by atoms with van der Waals surface area (Å²) in [6.07, 6.45) is 1.44. The van der Waals surface area contributed by atoms with Gasteiger partial charge in [-0.2, -0.15) is 0 Å². The van der Waals surface area contributed by atoms with Gasteiger partial charge in [-0.05, 0) is 50.0 Å². The van der Waals surface area contributed by atoms with Gasteiger partial charge in [0.2, 0.25) is 5.91 Å². The summed E-state index contributed by atoms with van der Waals surface area (Å²) in [5.74, 6) is 0.637. The second-order valence-corrected chi connectivity index (χ2v) is 7.21. The van der Waals surface area contributed by atoms with Gasteiger partial charge in [-0.1, -0.05) is 25.4 Å². The summed E-state index contributed by atoms with van der Waals surface area (Å²) in [6, 6.07) is 5.07. The second kappa shape index (κ2) is 10.00. The van der Waals surface area contributed by atoms with Crippen LogP contribution in [0.2, 0.25) is 5.02 Å². The van der Waals surface area contributed by atoms with E-state index >= 15 is 0 Å². The fourth-order valence-corrected chi connectivity index (χ4v) is 3.19. The number of hydrogen-bond acceptors (Lipinski definition) is 3. The summed E-state index contributed by atoms with van der Waals surface area (Å²) in [5, 5.41) is 6.41. The predicted molar refractivity (Wildman–Crippen MR) is 105 cm³/mol. The molecule has 5 nitrogen and oxygen atoms in total. The van der Waals surface area contributed by atoms with Gasteiger partial charge in [-0.25, -0.2) is 0 Å². The van der Waals surface area contributed by atoms with Crippen LogP contribution >= 0.6 is 24.0 Å². The van der Waals surface area contributed by atoms with Crippen LogP contribution in [0.25, 0.3) is 0 Å². The molecule has 7 heteroatoms. The SMILES string of the molecule is CNCC1CCN(C(=O)c2cc(NC(=O)CC(C)C)ccc2Cl)C1.Cl. The molecule has 140 valence electrons. The molecule has 1 fully saturated rings. The van der Waals surface area contributed by atoms with E-state index in [9.17, 15) is 9.59 Å². The number of likely N-dealkylation sites (tertiary alicyclic amines) is 1. The van der Waals surface area contributed by atoms with Crippen LogP contribution in [0.15, 0.2) is 18.2 Å². The monoisotopic (exact) mass is 387 g/mol. The maximum Gasteiger partial charge on any atom is 0.255 e. The maximum absolute atomic E-state index is 12.7. The third-order valence-corrected chi connectivity index (χ3v) is 4.47. The Labute approximate surface area is 160 Å². The standard InChI is InChI=1S/C18H26ClN3O2.ClH/c1-12(2)8-17(23)21-14-4-5-16(19)15(9-14)18(24)22-7-6-13(11-22)10-20-3;/h4-5,9,12-13,20H,6-8,10-11H2,1-3H3,(H,21,23);1H. The van der Waals surface area contributed by atoms with Gasteiger partial charge in [0.1, 0.15) is 0 Å². The van der Waals surface area contributed by atoms with E-state index in [0.29, 0.717) is 28.6 Å². The number of carbonyl (C=O) groups excluding carboxylic acids is 2. The van der Waals surface area contributed by atoms with Gasteiger partial charge in [0, 0.05) is 25.2 Å². The van der Waals surface area contributed by atoms with E-state index < -0.39 is 0 Å². The lowest BCUT2D eigenvalue weighted by molar-refractivity contribution is -0.116. The van der Waals surface area contributed by atoms with Gasteiger partial charge in [-0.3, -0.25) is 9.59 Å². The summed E-state index contributed by atoms with van der Waals surface area (Å²) >= 11 is 6.22. The van der Waals surface area contributed by atoms with E-state index in [1.54, 1.807) is 18.2 Å². The van der Waals surface area contributed by atoms with Crippen molar-refractivity contribution in [1.82, 2.24) is 10.2 Å². The largest absolute Gasteiger partial charge is 0.338 e. The fourth-order valence-electron chi connectivity index (χ4n) is 2.99. The lowest BCUT2D eigenvalue weighted by Gasteiger charge is -2.18. The van der Waals surface area contributed by atoms with Crippen molar-refractivity contribution >= 4 is 41.5 Å². The highest BCUT2D eigenvalue weighted by Crippen LogP contribution is 2.25. The number of nitrogens with one attached hydrogen (secondary N) is 2. The van der Waals surface area contributed by atoms with Crippen LogP contribution in [0, 0.1) is 11.8 Å². The van der Waals surface area contributed by atoms with Crippen LogP contribution in [0.3, 0.4) is 0 Å². The highest BCUT2D eigenvalue weighted by Gasteiger charge is 2.27. The van der Waals surface area contributed by atoms with E-state index in [2.05, 4.69) is 10.6 Å². The van der Waals surface area contributed by atoms with Crippen LogP contribution in [0.4, 0.5) is 5.69 Å². The number of carbonyl (C=O) groups is 2. The van der Waals surface area contributed by atoms with Crippen molar-refractivity contribution in [2.24, 2.45) is 11.8 Å². The van der Waals surface area contributed by atoms with Gasteiger partial charge in [0.25, 0.3) is 5.91 Å².